The van der Waals surface area contributed by atoms with Crippen molar-refractivity contribution >= 4 is 12.1 Å². The predicted octanol–water partition coefficient (Wildman–Crippen LogP) is 5.13. The van der Waals surface area contributed by atoms with Gasteiger partial charge in [-0.15, -0.1) is 0 Å². The van der Waals surface area contributed by atoms with Gasteiger partial charge in [-0.25, -0.2) is 9.59 Å². The fourth-order valence-corrected chi connectivity index (χ4v) is 4.35. The van der Waals surface area contributed by atoms with Gasteiger partial charge >= 0.3 is 12.1 Å². The summed E-state index contributed by atoms with van der Waals surface area (Å²) in [5, 5.41) is 9.81. The molecule has 0 radical (unpaired) electrons. The van der Waals surface area contributed by atoms with Crippen LogP contribution in [0.25, 0.3) is 11.1 Å². The molecule has 1 aliphatic rings. The summed E-state index contributed by atoms with van der Waals surface area (Å²) in [6.07, 6.45) is 1.09. The van der Waals surface area contributed by atoms with Crippen molar-refractivity contribution < 1.29 is 24.2 Å². The van der Waals surface area contributed by atoms with Crippen molar-refractivity contribution in [2.45, 2.75) is 18.4 Å². The Kier molecular flexibility index (Phi) is 6.97. The summed E-state index contributed by atoms with van der Waals surface area (Å²) in [5.74, 6) is -0.578. The van der Waals surface area contributed by atoms with Gasteiger partial charge in [-0.1, -0.05) is 73.3 Å². The van der Waals surface area contributed by atoms with Crippen LogP contribution in [0.2, 0.25) is 0 Å². The van der Waals surface area contributed by atoms with Gasteiger partial charge in [-0.2, -0.15) is 0 Å². The lowest BCUT2D eigenvalue weighted by Gasteiger charge is -2.25. The van der Waals surface area contributed by atoms with E-state index in [4.69, 9.17) is 9.47 Å². The van der Waals surface area contributed by atoms with Crippen molar-refractivity contribution in [1.82, 2.24) is 4.90 Å². The Morgan fingerprint density at radius 2 is 1.68 bits per heavy atom. The molecule has 6 nitrogen and oxygen atoms in total. The number of amides is 1. The second-order valence-electron chi connectivity index (χ2n) is 8.22. The zero-order valence-corrected chi connectivity index (χ0v) is 19.0. The SMILES string of the molecule is C=CCOc1cccc(CC(C(=O)O)N(C)C(=O)OCC2c3ccccc3-c3ccccc32)c1. The molecule has 34 heavy (non-hydrogen) atoms. The average molecular weight is 458 g/mol. The van der Waals surface area contributed by atoms with Crippen LogP contribution in [-0.2, 0) is 16.0 Å². The first-order valence-corrected chi connectivity index (χ1v) is 11.1. The normalized spacial score (nSPS) is 12.9. The molecule has 4 rings (SSSR count). The molecule has 0 heterocycles. The number of carbonyl (C=O) groups is 2. The van der Waals surface area contributed by atoms with E-state index < -0.39 is 18.1 Å². The van der Waals surface area contributed by atoms with Crippen molar-refractivity contribution in [1.29, 1.82) is 0 Å². The Bertz CT molecular complexity index is 1160. The number of likely N-dealkylation sites (N-methyl/N-ethyl adjacent to an activating group) is 1. The van der Waals surface area contributed by atoms with Crippen LogP contribution in [0.4, 0.5) is 4.79 Å². The second kappa shape index (κ2) is 10.3. The molecule has 174 valence electrons. The van der Waals surface area contributed by atoms with E-state index >= 15 is 0 Å². The molecule has 0 aliphatic heterocycles. The number of rotatable bonds is 9. The van der Waals surface area contributed by atoms with Crippen molar-refractivity contribution in [2.75, 3.05) is 20.3 Å². The Labute approximate surface area is 199 Å². The molecule has 6 heteroatoms. The molecule has 1 amide bonds. The van der Waals surface area contributed by atoms with E-state index in [-0.39, 0.29) is 18.9 Å². The maximum atomic E-state index is 12.9. The minimum atomic E-state index is -1.10. The van der Waals surface area contributed by atoms with E-state index in [2.05, 4.69) is 18.7 Å². The van der Waals surface area contributed by atoms with Crippen LogP contribution in [-0.4, -0.2) is 48.4 Å². The van der Waals surface area contributed by atoms with Gasteiger partial charge in [-0.3, -0.25) is 4.90 Å². The Morgan fingerprint density at radius 1 is 1.03 bits per heavy atom. The van der Waals surface area contributed by atoms with E-state index in [1.54, 1.807) is 24.3 Å². The molecule has 0 fully saturated rings. The van der Waals surface area contributed by atoms with Gasteiger partial charge in [0.2, 0.25) is 0 Å². The number of aliphatic carboxylic acids is 1. The highest BCUT2D eigenvalue weighted by Gasteiger charge is 2.32. The van der Waals surface area contributed by atoms with Gasteiger partial charge in [-0.05, 0) is 39.9 Å². The minimum Gasteiger partial charge on any atom is -0.490 e. The highest BCUT2D eigenvalue weighted by molar-refractivity contribution is 5.81. The number of benzene rings is 3. The molecule has 1 aliphatic carbocycles. The zero-order chi connectivity index (χ0) is 24.1. The van der Waals surface area contributed by atoms with E-state index in [0.717, 1.165) is 32.7 Å². The predicted molar refractivity (Wildman–Crippen MR) is 130 cm³/mol. The summed E-state index contributed by atoms with van der Waals surface area (Å²) >= 11 is 0. The Morgan fingerprint density at radius 3 is 2.29 bits per heavy atom. The number of carbonyl (C=O) groups excluding carboxylic acids is 1. The lowest BCUT2D eigenvalue weighted by molar-refractivity contribution is -0.142. The number of nitrogens with zero attached hydrogens (tertiary/aromatic N) is 1. The fourth-order valence-electron chi connectivity index (χ4n) is 4.35. The van der Waals surface area contributed by atoms with Crippen LogP contribution >= 0.6 is 0 Å². The van der Waals surface area contributed by atoms with Crippen molar-refractivity contribution in [3.63, 3.8) is 0 Å². The van der Waals surface area contributed by atoms with Crippen LogP contribution in [0, 0.1) is 0 Å². The van der Waals surface area contributed by atoms with Crippen LogP contribution in [0.3, 0.4) is 0 Å². The summed E-state index contributed by atoms with van der Waals surface area (Å²) in [6, 6.07) is 22.2. The third kappa shape index (κ3) is 4.81. The maximum absolute atomic E-state index is 12.9. The van der Waals surface area contributed by atoms with Crippen LogP contribution in [0.15, 0.2) is 85.5 Å². The number of ether oxygens (including phenoxy) is 2. The van der Waals surface area contributed by atoms with Gasteiger partial charge in [0.15, 0.2) is 0 Å². The topological polar surface area (TPSA) is 76.1 Å². The second-order valence-corrected chi connectivity index (χ2v) is 8.22. The molecule has 0 saturated heterocycles. The number of carboxylic acids is 1. The standard InChI is InChI=1S/C28H27NO5/c1-3-15-33-20-10-8-9-19(16-20)17-26(27(30)31)29(2)28(32)34-18-25-23-13-6-4-11-21(23)22-12-5-7-14-24(22)25/h3-14,16,25-26H,1,15,17-18H2,2H3,(H,30,31). The van der Waals surface area contributed by atoms with Gasteiger partial charge in [0.1, 0.15) is 25.0 Å². The van der Waals surface area contributed by atoms with Crippen molar-refractivity contribution in [2.24, 2.45) is 0 Å². The van der Waals surface area contributed by atoms with E-state index in [9.17, 15) is 14.7 Å². The first kappa shape index (κ1) is 23.1. The smallest absolute Gasteiger partial charge is 0.410 e. The first-order chi connectivity index (χ1) is 16.5. The highest BCUT2D eigenvalue weighted by Crippen LogP contribution is 2.44. The zero-order valence-electron chi connectivity index (χ0n) is 19.0. The molecule has 0 spiro atoms. The molecule has 0 saturated carbocycles. The quantitative estimate of drug-likeness (QED) is 0.451. The summed E-state index contributed by atoms with van der Waals surface area (Å²) < 4.78 is 11.2. The Hall–Kier alpha value is -4.06. The third-order valence-corrected chi connectivity index (χ3v) is 6.07. The van der Waals surface area contributed by atoms with E-state index in [1.807, 2.05) is 42.5 Å². The van der Waals surface area contributed by atoms with E-state index in [1.165, 1.54) is 7.05 Å². The van der Waals surface area contributed by atoms with Crippen LogP contribution < -0.4 is 4.74 Å². The van der Waals surface area contributed by atoms with Gasteiger partial charge < -0.3 is 14.6 Å². The molecule has 1 atom stereocenters. The number of carboxylic acid groups (broad SMARTS) is 1. The first-order valence-electron chi connectivity index (χ1n) is 11.1. The largest absolute Gasteiger partial charge is 0.490 e. The lowest BCUT2D eigenvalue weighted by Crippen LogP contribution is -2.44. The number of hydrogen-bond acceptors (Lipinski definition) is 4. The molecule has 0 aromatic heterocycles. The monoisotopic (exact) mass is 457 g/mol. The molecule has 3 aromatic rings. The summed E-state index contributed by atoms with van der Waals surface area (Å²) in [4.78, 5) is 26.0. The molecule has 1 N–H and O–H groups in total. The minimum absolute atomic E-state index is 0.0910. The molecular formula is C28H27NO5. The van der Waals surface area contributed by atoms with Gasteiger partial charge in [0, 0.05) is 19.4 Å². The Balaban J connectivity index is 1.45. The summed E-state index contributed by atoms with van der Waals surface area (Å²) in [7, 11) is 1.45. The van der Waals surface area contributed by atoms with Crippen LogP contribution in [0.1, 0.15) is 22.6 Å². The molecule has 3 aromatic carbocycles. The van der Waals surface area contributed by atoms with E-state index in [0.29, 0.717) is 12.4 Å². The van der Waals surface area contributed by atoms with Gasteiger partial charge in [0.05, 0.1) is 0 Å². The van der Waals surface area contributed by atoms with Crippen molar-refractivity contribution in [3.8, 4) is 16.9 Å². The summed E-state index contributed by atoms with van der Waals surface area (Å²) in [6.45, 7) is 4.11. The summed E-state index contributed by atoms with van der Waals surface area (Å²) in [5.41, 5.74) is 5.21. The third-order valence-electron chi connectivity index (χ3n) is 6.07. The highest BCUT2D eigenvalue weighted by atomic mass is 16.6. The number of fused-ring (bicyclic) bond motifs is 3. The maximum Gasteiger partial charge on any atom is 0.410 e. The number of hydrogen-bond donors (Lipinski definition) is 1. The lowest BCUT2D eigenvalue weighted by atomic mass is 9.98. The van der Waals surface area contributed by atoms with Crippen molar-refractivity contribution in [3.05, 3.63) is 102 Å². The van der Waals surface area contributed by atoms with Gasteiger partial charge in [0.25, 0.3) is 0 Å². The van der Waals surface area contributed by atoms with Crippen LogP contribution in [0.5, 0.6) is 5.75 Å². The average Bonchev–Trinajstić information content (AvgIpc) is 3.18. The molecule has 0 bridgehead atoms. The fraction of sp³-hybridized carbons (Fsp3) is 0.214. The molecule has 1 unspecified atom stereocenters. The molecular weight excluding hydrogens is 430 g/mol.